The van der Waals surface area contributed by atoms with Crippen molar-refractivity contribution in [3.63, 3.8) is 0 Å². The summed E-state index contributed by atoms with van der Waals surface area (Å²) in [6.45, 7) is 2.63. The molecular weight excluding hydrogens is 204 g/mol. The van der Waals surface area contributed by atoms with Crippen LogP contribution in [0.1, 0.15) is 17.3 Å². The molecule has 0 radical (unpaired) electrons. The van der Waals surface area contributed by atoms with Gasteiger partial charge in [0.15, 0.2) is 0 Å². The highest BCUT2D eigenvalue weighted by atomic mass is 16.2. The monoisotopic (exact) mass is 216 g/mol. The Labute approximate surface area is 92.3 Å². The number of rotatable bonds is 2. The molecule has 0 saturated heterocycles. The van der Waals surface area contributed by atoms with Crippen molar-refractivity contribution in [1.82, 2.24) is 4.57 Å². The second-order valence-corrected chi connectivity index (χ2v) is 3.54. The van der Waals surface area contributed by atoms with E-state index in [-0.39, 0.29) is 11.0 Å². The van der Waals surface area contributed by atoms with E-state index in [1.54, 1.807) is 12.1 Å². The first kappa shape index (κ1) is 10.4. The fourth-order valence-corrected chi connectivity index (χ4v) is 1.78. The van der Waals surface area contributed by atoms with Crippen LogP contribution in [-0.2, 0) is 6.54 Å². The topological polar surface area (TPSA) is 65.1 Å². The van der Waals surface area contributed by atoms with Crippen molar-refractivity contribution in [1.29, 1.82) is 0 Å². The summed E-state index contributed by atoms with van der Waals surface area (Å²) in [7, 11) is 0. The quantitative estimate of drug-likeness (QED) is 0.817. The largest absolute Gasteiger partial charge is 0.365 e. The lowest BCUT2D eigenvalue weighted by atomic mass is 10.1. The number of carbonyl (C=O) groups is 1. The van der Waals surface area contributed by atoms with Gasteiger partial charge in [-0.2, -0.15) is 0 Å². The summed E-state index contributed by atoms with van der Waals surface area (Å²) < 4.78 is 1.84. The summed E-state index contributed by atoms with van der Waals surface area (Å²) in [5, 5.41) is 0.528. The lowest BCUT2D eigenvalue weighted by molar-refractivity contribution is 0.0999. The van der Waals surface area contributed by atoms with Crippen LogP contribution in [0, 0.1) is 0 Å². The Morgan fingerprint density at radius 1 is 1.38 bits per heavy atom. The first-order valence-electron chi connectivity index (χ1n) is 5.07. The highest BCUT2D eigenvalue weighted by Gasteiger charge is 2.11. The molecule has 0 spiro atoms. The predicted octanol–water partition coefficient (Wildman–Crippen LogP) is 1.12. The van der Waals surface area contributed by atoms with Crippen LogP contribution >= 0.6 is 0 Å². The molecule has 0 bridgehead atoms. The molecule has 4 nitrogen and oxygen atoms in total. The maximum absolute atomic E-state index is 11.9. The van der Waals surface area contributed by atoms with Gasteiger partial charge in [0.1, 0.15) is 5.56 Å². The van der Waals surface area contributed by atoms with Gasteiger partial charge in [-0.05, 0) is 19.1 Å². The molecule has 1 amide bonds. The number of aromatic nitrogens is 1. The molecule has 2 aromatic rings. The van der Waals surface area contributed by atoms with E-state index in [0.29, 0.717) is 11.9 Å². The van der Waals surface area contributed by atoms with Gasteiger partial charge in [-0.25, -0.2) is 0 Å². The Kier molecular flexibility index (Phi) is 2.48. The van der Waals surface area contributed by atoms with Gasteiger partial charge in [-0.3, -0.25) is 9.59 Å². The second kappa shape index (κ2) is 3.81. The number of carbonyl (C=O) groups excluding carboxylic acids is 1. The number of pyridine rings is 1. The van der Waals surface area contributed by atoms with Crippen molar-refractivity contribution < 1.29 is 4.79 Å². The van der Waals surface area contributed by atoms with E-state index in [1.165, 1.54) is 6.20 Å². The average Bonchev–Trinajstić information content (AvgIpc) is 2.29. The number of benzene rings is 1. The number of hydrogen-bond donors (Lipinski definition) is 1. The van der Waals surface area contributed by atoms with Crippen molar-refractivity contribution in [2.45, 2.75) is 13.5 Å². The Hall–Kier alpha value is -2.10. The average molecular weight is 216 g/mol. The number of fused-ring (bicyclic) bond motifs is 1. The van der Waals surface area contributed by atoms with Crippen LogP contribution in [0.25, 0.3) is 10.9 Å². The maximum atomic E-state index is 11.9. The molecule has 0 saturated carbocycles. The molecule has 0 aliphatic carbocycles. The molecule has 1 aromatic carbocycles. The first-order chi connectivity index (χ1) is 7.65. The minimum atomic E-state index is -0.682. The maximum Gasteiger partial charge on any atom is 0.254 e. The Bertz CT molecular complexity index is 614. The van der Waals surface area contributed by atoms with Crippen LogP contribution in [0.3, 0.4) is 0 Å². The van der Waals surface area contributed by atoms with E-state index in [2.05, 4.69) is 0 Å². The zero-order valence-corrected chi connectivity index (χ0v) is 8.93. The molecule has 0 atom stereocenters. The first-order valence-corrected chi connectivity index (χ1v) is 5.07. The highest BCUT2D eigenvalue weighted by molar-refractivity contribution is 5.96. The number of para-hydroxylation sites is 1. The Morgan fingerprint density at radius 2 is 2.06 bits per heavy atom. The molecule has 16 heavy (non-hydrogen) atoms. The van der Waals surface area contributed by atoms with E-state index in [1.807, 2.05) is 23.6 Å². The second-order valence-electron chi connectivity index (χ2n) is 3.54. The molecule has 82 valence electrons. The van der Waals surface area contributed by atoms with Crippen molar-refractivity contribution in [3.8, 4) is 0 Å². The van der Waals surface area contributed by atoms with E-state index < -0.39 is 5.91 Å². The van der Waals surface area contributed by atoms with Gasteiger partial charge in [0.25, 0.3) is 5.91 Å². The van der Waals surface area contributed by atoms with E-state index in [9.17, 15) is 9.59 Å². The van der Waals surface area contributed by atoms with Gasteiger partial charge in [0.2, 0.25) is 5.43 Å². The lowest BCUT2D eigenvalue weighted by Crippen LogP contribution is -2.24. The summed E-state index contributed by atoms with van der Waals surface area (Å²) in [6.07, 6.45) is 1.52. The van der Waals surface area contributed by atoms with Crippen LogP contribution in [0.4, 0.5) is 0 Å². The van der Waals surface area contributed by atoms with Crippen molar-refractivity contribution in [3.05, 3.63) is 46.2 Å². The molecule has 1 aromatic heterocycles. The Balaban J connectivity index is 2.94. The third kappa shape index (κ3) is 1.48. The molecule has 4 heteroatoms. The predicted molar refractivity (Wildman–Crippen MR) is 62.4 cm³/mol. The molecule has 2 N–H and O–H groups in total. The molecule has 2 rings (SSSR count). The van der Waals surface area contributed by atoms with E-state index in [4.69, 9.17) is 5.73 Å². The molecule has 1 heterocycles. The fourth-order valence-electron chi connectivity index (χ4n) is 1.78. The van der Waals surface area contributed by atoms with Crippen molar-refractivity contribution >= 4 is 16.8 Å². The van der Waals surface area contributed by atoms with Crippen LogP contribution in [-0.4, -0.2) is 10.5 Å². The summed E-state index contributed by atoms with van der Waals surface area (Å²) in [6, 6.07) is 7.19. The molecule has 0 fully saturated rings. The molecular formula is C12H12N2O2. The van der Waals surface area contributed by atoms with Gasteiger partial charge >= 0.3 is 0 Å². The third-order valence-corrected chi connectivity index (χ3v) is 2.59. The summed E-state index contributed by atoms with van der Waals surface area (Å²) in [5.74, 6) is -0.682. The Morgan fingerprint density at radius 3 is 2.69 bits per heavy atom. The van der Waals surface area contributed by atoms with E-state index >= 15 is 0 Å². The minimum Gasteiger partial charge on any atom is -0.365 e. The number of primary amides is 1. The van der Waals surface area contributed by atoms with Crippen LogP contribution < -0.4 is 11.2 Å². The van der Waals surface area contributed by atoms with Gasteiger partial charge in [-0.15, -0.1) is 0 Å². The lowest BCUT2D eigenvalue weighted by Gasteiger charge is -2.09. The smallest absolute Gasteiger partial charge is 0.254 e. The standard InChI is InChI=1S/C12H12N2O2/c1-2-14-7-9(12(13)16)11(15)8-5-3-4-6-10(8)14/h3-7H,2H2,1H3,(H2,13,16). The zero-order chi connectivity index (χ0) is 11.7. The fraction of sp³-hybridized carbons (Fsp3) is 0.167. The van der Waals surface area contributed by atoms with Crippen LogP contribution in [0.15, 0.2) is 35.3 Å². The number of nitrogens with zero attached hydrogens (tertiary/aromatic N) is 1. The van der Waals surface area contributed by atoms with Crippen molar-refractivity contribution in [2.75, 3.05) is 0 Å². The van der Waals surface area contributed by atoms with E-state index in [0.717, 1.165) is 5.52 Å². The van der Waals surface area contributed by atoms with Gasteiger partial charge < -0.3 is 10.3 Å². The number of aryl methyl sites for hydroxylation is 1. The normalized spacial score (nSPS) is 10.6. The molecule has 0 aliphatic rings. The molecule has 0 aliphatic heterocycles. The number of nitrogens with two attached hydrogens (primary N) is 1. The van der Waals surface area contributed by atoms with Crippen molar-refractivity contribution in [2.24, 2.45) is 5.73 Å². The third-order valence-electron chi connectivity index (χ3n) is 2.59. The zero-order valence-electron chi connectivity index (χ0n) is 8.93. The number of hydrogen-bond acceptors (Lipinski definition) is 2. The summed E-state index contributed by atoms with van der Waals surface area (Å²) in [5.41, 5.74) is 5.74. The molecule has 0 unspecified atom stereocenters. The highest BCUT2D eigenvalue weighted by Crippen LogP contribution is 2.11. The summed E-state index contributed by atoms with van der Waals surface area (Å²) >= 11 is 0. The minimum absolute atomic E-state index is 0.0422. The van der Waals surface area contributed by atoms with Gasteiger partial charge in [-0.1, -0.05) is 12.1 Å². The van der Waals surface area contributed by atoms with Gasteiger partial charge in [0.05, 0.1) is 5.52 Å². The SMILES string of the molecule is CCn1cc(C(N)=O)c(=O)c2ccccc21. The van der Waals surface area contributed by atoms with Gasteiger partial charge in [0, 0.05) is 18.1 Å². The van der Waals surface area contributed by atoms with Crippen LogP contribution in [0.2, 0.25) is 0 Å². The summed E-state index contributed by atoms with van der Waals surface area (Å²) in [4.78, 5) is 23.1. The van der Waals surface area contributed by atoms with Crippen LogP contribution in [0.5, 0.6) is 0 Å². The number of amides is 1.